The fraction of sp³-hybridized carbons (Fsp3) is 0.714. The van der Waals surface area contributed by atoms with Gasteiger partial charge in [0.05, 0.1) is 44.9 Å². The molecule has 0 aromatic heterocycles. The van der Waals surface area contributed by atoms with Crippen molar-refractivity contribution >= 4 is 0 Å². The van der Waals surface area contributed by atoms with Gasteiger partial charge in [-0.15, -0.1) is 0 Å². The van der Waals surface area contributed by atoms with Crippen molar-refractivity contribution in [2.24, 2.45) is 5.92 Å². The van der Waals surface area contributed by atoms with Crippen LogP contribution in [0.3, 0.4) is 0 Å². The van der Waals surface area contributed by atoms with Crippen LogP contribution >= 0.6 is 0 Å². The first kappa shape index (κ1) is 15.3. The van der Waals surface area contributed by atoms with E-state index in [4.69, 9.17) is 28.4 Å². The Labute approximate surface area is 119 Å². The quantitative estimate of drug-likeness (QED) is 0.570. The van der Waals surface area contributed by atoms with Gasteiger partial charge in [0.1, 0.15) is 0 Å². The molecule has 0 N–H and O–H groups in total. The van der Waals surface area contributed by atoms with Crippen LogP contribution in [0.4, 0.5) is 0 Å². The van der Waals surface area contributed by atoms with Gasteiger partial charge in [0.15, 0.2) is 0 Å². The van der Waals surface area contributed by atoms with Gasteiger partial charge in [-0.3, -0.25) is 0 Å². The number of allylic oxidation sites excluding steroid dienone is 2. The molecule has 0 atom stereocenters. The molecular weight excluding hydrogens is 264 g/mol. The summed E-state index contributed by atoms with van der Waals surface area (Å²) in [5, 5.41) is 0. The molecule has 0 aliphatic carbocycles. The maximum Gasteiger partial charge on any atom is 0.412 e. The van der Waals surface area contributed by atoms with Crippen molar-refractivity contribution in [1.82, 2.24) is 0 Å². The molecule has 1 spiro atoms. The molecule has 2 fully saturated rings. The average Bonchev–Trinajstić information content (AvgIpc) is 2.50. The minimum Gasteiger partial charge on any atom is -0.462 e. The highest BCUT2D eigenvalue weighted by molar-refractivity contribution is 4.76. The molecular formula is C14H22O6. The van der Waals surface area contributed by atoms with Crippen LogP contribution in [0.25, 0.3) is 0 Å². The Morgan fingerprint density at radius 1 is 0.950 bits per heavy atom. The molecule has 0 radical (unpaired) electrons. The zero-order valence-electron chi connectivity index (χ0n) is 11.9. The van der Waals surface area contributed by atoms with Gasteiger partial charge in [-0.1, -0.05) is 12.2 Å². The van der Waals surface area contributed by atoms with E-state index in [1.165, 1.54) is 0 Å². The van der Waals surface area contributed by atoms with Crippen molar-refractivity contribution in [2.45, 2.75) is 32.7 Å². The lowest BCUT2D eigenvalue weighted by atomic mass is 10.1. The topological polar surface area (TPSA) is 55.4 Å². The highest BCUT2D eigenvalue weighted by Crippen LogP contribution is 2.29. The molecule has 2 heterocycles. The van der Waals surface area contributed by atoms with Crippen LogP contribution in [0.5, 0.6) is 0 Å². The molecule has 0 aromatic rings. The van der Waals surface area contributed by atoms with Gasteiger partial charge in [-0.25, -0.2) is 0 Å². The smallest absolute Gasteiger partial charge is 0.412 e. The molecule has 0 aromatic carbocycles. The number of hydrogen-bond donors (Lipinski definition) is 0. The van der Waals surface area contributed by atoms with Gasteiger partial charge < -0.3 is 28.4 Å². The molecule has 114 valence electrons. The predicted molar refractivity (Wildman–Crippen MR) is 70.2 cm³/mol. The van der Waals surface area contributed by atoms with Gasteiger partial charge >= 0.3 is 6.16 Å². The second kappa shape index (κ2) is 7.64. The summed E-state index contributed by atoms with van der Waals surface area (Å²) in [6.07, 6.45) is 5.81. The lowest BCUT2D eigenvalue weighted by molar-refractivity contribution is -0.532. The lowest BCUT2D eigenvalue weighted by Crippen LogP contribution is -2.53. The van der Waals surface area contributed by atoms with Gasteiger partial charge in [-0.05, 0) is 20.3 Å². The van der Waals surface area contributed by atoms with E-state index >= 15 is 0 Å². The van der Waals surface area contributed by atoms with Crippen molar-refractivity contribution in [2.75, 3.05) is 26.4 Å². The summed E-state index contributed by atoms with van der Waals surface area (Å²) in [7, 11) is 0. The van der Waals surface area contributed by atoms with E-state index < -0.39 is 12.4 Å². The SMILES string of the molecule is CC=COC(OC=CC)C1COC2(OCCCO2)OC1. The molecule has 0 unspecified atom stereocenters. The van der Waals surface area contributed by atoms with Crippen LogP contribution in [0.15, 0.2) is 24.7 Å². The first-order valence-electron chi connectivity index (χ1n) is 6.89. The maximum absolute atomic E-state index is 5.59. The summed E-state index contributed by atoms with van der Waals surface area (Å²) >= 11 is 0. The van der Waals surface area contributed by atoms with E-state index in [9.17, 15) is 0 Å². The normalized spacial score (nSPS) is 25.3. The monoisotopic (exact) mass is 286 g/mol. The average molecular weight is 286 g/mol. The first-order chi connectivity index (χ1) is 9.79. The minimum absolute atomic E-state index is 0.0675. The molecule has 2 aliphatic heterocycles. The van der Waals surface area contributed by atoms with Crippen molar-refractivity contribution in [3.63, 3.8) is 0 Å². The number of ether oxygens (including phenoxy) is 6. The Bertz CT molecular complexity index is 311. The molecule has 0 saturated carbocycles. The minimum atomic E-state index is -1.33. The van der Waals surface area contributed by atoms with Crippen LogP contribution in [-0.4, -0.2) is 38.9 Å². The summed E-state index contributed by atoms with van der Waals surface area (Å²) in [6.45, 7) is 5.63. The van der Waals surface area contributed by atoms with Crippen LogP contribution in [0.2, 0.25) is 0 Å². The number of hydrogen-bond acceptors (Lipinski definition) is 6. The van der Waals surface area contributed by atoms with E-state index in [1.807, 2.05) is 13.8 Å². The van der Waals surface area contributed by atoms with E-state index in [0.717, 1.165) is 6.42 Å². The summed E-state index contributed by atoms with van der Waals surface area (Å²) < 4.78 is 33.0. The fourth-order valence-electron chi connectivity index (χ4n) is 1.89. The Kier molecular flexibility index (Phi) is 5.85. The molecule has 2 saturated heterocycles. The molecule has 2 aliphatic rings. The second-order valence-electron chi connectivity index (χ2n) is 4.51. The highest BCUT2D eigenvalue weighted by Gasteiger charge is 2.45. The Morgan fingerprint density at radius 3 is 2.00 bits per heavy atom. The molecule has 2 rings (SSSR count). The number of rotatable bonds is 5. The second-order valence-corrected chi connectivity index (χ2v) is 4.51. The summed E-state index contributed by atoms with van der Waals surface area (Å²) in [4.78, 5) is 0. The summed E-state index contributed by atoms with van der Waals surface area (Å²) in [6, 6.07) is 0. The van der Waals surface area contributed by atoms with Crippen molar-refractivity contribution in [3.05, 3.63) is 24.7 Å². The Balaban J connectivity index is 1.88. The van der Waals surface area contributed by atoms with Crippen LogP contribution in [-0.2, 0) is 28.4 Å². The Morgan fingerprint density at radius 2 is 1.50 bits per heavy atom. The van der Waals surface area contributed by atoms with Gasteiger partial charge in [0.25, 0.3) is 0 Å². The highest BCUT2D eigenvalue weighted by atomic mass is 17.0. The first-order valence-corrected chi connectivity index (χ1v) is 6.89. The van der Waals surface area contributed by atoms with Gasteiger partial charge in [0, 0.05) is 0 Å². The maximum atomic E-state index is 5.59. The van der Waals surface area contributed by atoms with Crippen molar-refractivity contribution in [3.8, 4) is 0 Å². The van der Waals surface area contributed by atoms with Crippen LogP contribution < -0.4 is 0 Å². The molecule has 6 heteroatoms. The molecule has 0 bridgehead atoms. The predicted octanol–water partition coefficient (Wildman–Crippen LogP) is 2.12. The van der Waals surface area contributed by atoms with Crippen molar-refractivity contribution in [1.29, 1.82) is 0 Å². The third kappa shape index (κ3) is 3.96. The van der Waals surface area contributed by atoms with Gasteiger partial charge in [0.2, 0.25) is 6.29 Å². The molecule has 20 heavy (non-hydrogen) atoms. The third-order valence-electron chi connectivity index (χ3n) is 2.88. The fourth-order valence-corrected chi connectivity index (χ4v) is 1.89. The van der Waals surface area contributed by atoms with E-state index in [2.05, 4.69) is 0 Å². The Hall–Kier alpha value is -1.08. The zero-order chi connectivity index (χ0) is 14.3. The van der Waals surface area contributed by atoms with Crippen LogP contribution in [0, 0.1) is 5.92 Å². The summed E-state index contributed by atoms with van der Waals surface area (Å²) in [5.41, 5.74) is 0. The largest absolute Gasteiger partial charge is 0.462 e. The summed E-state index contributed by atoms with van der Waals surface area (Å²) in [5.74, 6) is -0.0675. The van der Waals surface area contributed by atoms with E-state index in [-0.39, 0.29) is 5.92 Å². The third-order valence-corrected chi connectivity index (χ3v) is 2.88. The van der Waals surface area contributed by atoms with Crippen molar-refractivity contribution < 1.29 is 28.4 Å². The van der Waals surface area contributed by atoms with E-state index in [1.54, 1.807) is 24.7 Å². The molecule has 6 nitrogen and oxygen atoms in total. The van der Waals surface area contributed by atoms with Crippen LogP contribution in [0.1, 0.15) is 20.3 Å². The zero-order valence-corrected chi connectivity index (χ0v) is 11.9. The standard InChI is InChI=1S/C14H22O6/c1-3-6-15-13(16-7-4-2)12-10-19-14(20-11-12)17-8-5-9-18-14/h3-4,6-7,12-13H,5,8-11H2,1-2H3. The molecule has 0 amide bonds. The van der Waals surface area contributed by atoms with E-state index in [0.29, 0.717) is 26.4 Å². The van der Waals surface area contributed by atoms with Gasteiger partial charge in [-0.2, -0.15) is 0 Å². The lowest BCUT2D eigenvalue weighted by Gasteiger charge is -2.41.